The largest absolute Gasteiger partial charge is 0.109 e. The fourth-order valence-electron chi connectivity index (χ4n) is 0.454. The van der Waals surface area contributed by atoms with Gasteiger partial charge in [0, 0.05) is 0 Å². The predicted octanol–water partition coefficient (Wildman–Crippen LogP) is 2.06. The van der Waals surface area contributed by atoms with Gasteiger partial charge in [-0.1, -0.05) is 11.6 Å². The van der Waals surface area contributed by atoms with Crippen LogP contribution in [0.15, 0.2) is 16.8 Å². The smallest absolute Gasteiger partial charge is 0.0597 e. The number of rotatable bonds is 0. The van der Waals surface area contributed by atoms with Crippen LogP contribution in [0.1, 0.15) is 12.8 Å². The molecule has 0 heterocycles. The Balaban J connectivity index is 2.71. The van der Waals surface area contributed by atoms with Gasteiger partial charge in [0.2, 0.25) is 0 Å². The number of halogens is 1. The van der Waals surface area contributed by atoms with E-state index in [1.54, 1.807) is 0 Å². The lowest BCUT2D eigenvalue weighted by Crippen LogP contribution is -1.56. The Bertz CT molecular complexity index is 107. The van der Waals surface area contributed by atoms with E-state index < -0.39 is 0 Å². The molecule has 1 aliphatic rings. The third kappa shape index (κ3) is 0.649. The molecule has 0 aliphatic heterocycles. The molecular weight excluding hydrogens is 95.5 g/mol. The molecule has 0 spiro atoms. The summed E-state index contributed by atoms with van der Waals surface area (Å²) in [5.74, 6) is 0. The molecule has 0 aromatic heterocycles. The maximum absolute atomic E-state index is 5.49. The molecular formula is C5H5Cl. The van der Waals surface area contributed by atoms with E-state index in [2.05, 4.69) is 5.73 Å². The molecule has 32 valence electrons. The Morgan fingerprint density at radius 3 is 2.83 bits per heavy atom. The van der Waals surface area contributed by atoms with E-state index in [0.29, 0.717) is 0 Å². The summed E-state index contributed by atoms with van der Waals surface area (Å²) < 4.78 is 0. The summed E-state index contributed by atoms with van der Waals surface area (Å²) >= 11 is 5.49. The third-order valence-corrected chi connectivity index (χ3v) is 1.06. The molecule has 0 radical (unpaired) electrons. The molecule has 0 amide bonds. The summed E-state index contributed by atoms with van der Waals surface area (Å²) in [7, 11) is 0. The van der Waals surface area contributed by atoms with Crippen molar-refractivity contribution in [1.82, 2.24) is 0 Å². The minimum Gasteiger partial charge on any atom is -0.109 e. The van der Waals surface area contributed by atoms with E-state index in [0.717, 1.165) is 17.9 Å². The van der Waals surface area contributed by atoms with Crippen molar-refractivity contribution in [1.29, 1.82) is 0 Å². The van der Waals surface area contributed by atoms with Crippen molar-refractivity contribution in [2.75, 3.05) is 0 Å². The van der Waals surface area contributed by atoms with E-state index in [1.165, 1.54) is 0 Å². The van der Waals surface area contributed by atoms with Crippen LogP contribution in [0.4, 0.5) is 0 Å². The SMILES string of the molecule is ClC1=C=CCC1. The Morgan fingerprint density at radius 1 is 1.83 bits per heavy atom. The molecule has 0 bridgehead atoms. The summed E-state index contributed by atoms with van der Waals surface area (Å²) in [6.07, 6.45) is 4.04. The molecule has 0 saturated heterocycles. The summed E-state index contributed by atoms with van der Waals surface area (Å²) in [4.78, 5) is 0. The molecule has 0 atom stereocenters. The van der Waals surface area contributed by atoms with Crippen molar-refractivity contribution in [3.63, 3.8) is 0 Å². The second kappa shape index (κ2) is 1.51. The minimum atomic E-state index is 0.870. The Morgan fingerprint density at radius 2 is 2.67 bits per heavy atom. The molecule has 1 rings (SSSR count). The zero-order valence-corrected chi connectivity index (χ0v) is 4.13. The van der Waals surface area contributed by atoms with Crippen molar-refractivity contribution in [3.05, 3.63) is 16.8 Å². The van der Waals surface area contributed by atoms with Gasteiger partial charge in [-0.15, -0.1) is 5.73 Å². The van der Waals surface area contributed by atoms with E-state index >= 15 is 0 Å². The highest BCUT2D eigenvalue weighted by molar-refractivity contribution is 6.29. The van der Waals surface area contributed by atoms with Crippen LogP contribution in [0.2, 0.25) is 0 Å². The second-order valence-corrected chi connectivity index (χ2v) is 1.75. The van der Waals surface area contributed by atoms with Crippen LogP contribution in [-0.2, 0) is 0 Å². The van der Waals surface area contributed by atoms with Gasteiger partial charge in [-0.3, -0.25) is 0 Å². The van der Waals surface area contributed by atoms with E-state index in [-0.39, 0.29) is 0 Å². The van der Waals surface area contributed by atoms with Crippen molar-refractivity contribution >= 4 is 11.6 Å². The predicted molar refractivity (Wildman–Crippen MR) is 26.7 cm³/mol. The third-order valence-electron chi connectivity index (χ3n) is 0.767. The highest BCUT2D eigenvalue weighted by Gasteiger charge is 1.91. The Labute approximate surface area is 42.1 Å². The van der Waals surface area contributed by atoms with E-state index in [4.69, 9.17) is 11.6 Å². The van der Waals surface area contributed by atoms with Crippen molar-refractivity contribution in [2.45, 2.75) is 12.8 Å². The van der Waals surface area contributed by atoms with Gasteiger partial charge in [0.05, 0.1) is 5.03 Å². The molecule has 0 aromatic carbocycles. The fraction of sp³-hybridized carbons (Fsp3) is 0.400. The van der Waals surface area contributed by atoms with Gasteiger partial charge in [0.15, 0.2) is 0 Å². The van der Waals surface area contributed by atoms with Gasteiger partial charge >= 0.3 is 0 Å². The second-order valence-electron chi connectivity index (χ2n) is 1.29. The molecule has 6 heavy (non-hydrogen) atoms. The molecule has 0 saturated carbocycles. The zero-order valence-electron chi connectivity index (χ0n) is 3.37. The molecule has 1 heteroatoms. The highest BCUT2D eigenvalue weighted by atomic mass is 35.5. The normalized spacial score (nSPS) is 18.5. The van der Waals surface area contributed by atoms with Crippen LogP contribution in [0.3, 0.4) is 0 Å². The van der Waals surface area contributed by atoms with Gasteiger partial charge in [0.1, 0.15) is 0 Å². The quantitative estimate of drug-likeness (QED) is 0.409. The fourth-order valence-corrected chi connectivity index (χ4v) is 0.640. The number of hydrogen-bond acceptors (Lipinski definition) is 0. The number of hydrogen-bond donors (Lipinski definition) is 0. The lowest BCUT2D eigenvalue weighted by atomic mass is 10.4. The minimum absolute atomic E-state index is 0.870. The molecule has 0 unspecified atom stereocenters. The summed E-state index contributed by atoms with van der Waals surface area (Å²) in [5.41, 5.74) is 2.88. The summed E-state index contributed by atoms with van der Waals surface area (Å²) in [6, 6.07) is 0. The van der Waals surface area contributed by atoms with Crippen LogP contribution in [0.25, 0.3) is 0 Å². The van der Waals surface area contributed by atoms with Gasteiger partial charge in [-0.2, -0.15) is 0 Å². The highest BCUT2D eigenvalue weighted by Crippen LogP contribution is 2.13. The van der Waals surface area contributed by atoms with E-state index in [1.807, 2.05) is 6.08 Å². The monoisotopic (exact) mass is 100 g/mol. The molecule has 1 aliphatic carbocycles. The first-order chi connectivity index (χ1) is 2.89. The van der Waals surface area contributed by atoms with Crippen molar-refractivity contribution < 1.29 is 0 Å². The maximum atomic E-state index is 5.49. The van der Waals surface area contributed by atoms with Gasteiger partial charge in [-0.25, -0.2) is 0 Å². The standard InChI is InChI=1S/C5H5Cl/c6-5-3-1-2-4-5/h1H,2,4H2. The molecule has 0 aromatic rings. The number of allylic oxidation sites excluding steroid dienone is 1. The van der Waals surface area contributed by atoms with Crippen LogP contribution in [0, 0.1) is 0 Å². The van der Waals surface area contributed by atoms with Crippen LogP contribution in [0.5, 0.6) is 0 Å². The average molecular weight is 101 g/mol. The van der Waals surface area contributed by atoms with Gasteiger partial charge in [-0.05, 0) is 18.9 Å². The van der Waals surface area contributed by atoms with Crippen LogP contribution >= 0.6 is 11.6 Å². The van der Waals surface area contributed by atoms with Crippen molar-refractivity contribution in [3.8, 4) is 0 Å². The zero-order chi connectivity index (χ0) is 4.41. The lowest BCUT2D eigenvalue weighted by molar-refractivity contribution is 1.07. The van der Waals surface area contributed by atoms with Gasteiger partial charge in [0.25, 0.3) is 0 Å². The van der Waals surface area contributed by atoms with Crippen LogP contribution in [-0.4, -0.2) is 0 Å². The Kier molecular flexibility index (Phi) is 0.999. The average Bonchev–Trinajstić information content (AvgIpc) is 1.86. The van der Waals surface area contributed by atoms with E-state index in [9.17, 15) is 0 Å². The molecule has 0 N–H and O–H groups in total. The first-order valence-electron chi connectivity index (χ1n) is 1.99. The topological polar surface area (TPSA) is 0 Å². The van der Waals surface area contributed by atoms with Crippen LogP contribution < -0.4 is 0 Å². The van der Waals surface area contributed by atoms with Gasteiger partial charge < -0.3 is 0 Å². The Hall–Kier alpha value is -0.190. The first-order valence-corrected chi connectivity index (χ1v) is 2.37. The molecule has 0 nitrogen and oxygen atoms in total. The van der Waals surface area contributed by atoms with Crippen molar-refractivity contribution in [2.24, 2.45) is 0 Å². The maximum Gasteiger partial charge on any atom is 0.0597 e. The lowest BCUT2D eigenvalue weighted by Gasteiger charge is -1.76. The molecule has 0 fully saturated rings. The first kappa shape index (κ1) is 3.98. The summed E-state index contributed by atoms with van der Waals surface area (Å²) in [5, 5.41) is 0.870. The summed E-state index contributed by atoms with van der Waals surface area (Å²) in [6.45, 7) is 0.